The normalized spacial score (nSPS) is 10.3. The third kappa shape index (κ3) is 5.90. The van der Waals surface area contributed by atoms with Crippen LogP contribution >= 0.6 is 0 Å². The second-order valence-corrected chi connectivity index (χ2v) is 7.74. The van der Waals surface area contributed by atoms with Gasteiger partial charge in [0.2, 0.25) is 5.91 Å². The number of benzene rings is 2. The van der Waals surface area contributed by atoms with Crippen molar-refractivity contribution in [2.75, 3.05) is 11.9 Å². The van der Waals surface area contributed by atoms with Crippen LogP contribution in [0.1, 0.15) is 39.7 Å². The lowest BCUT2D eigenvalue weighted by Gasteiger charge is -2.13. The molecule has 0 saturated carbocycles. The minimum absolute atomic E-state index is 0.0175. The van der Waals surface area contributed by atoms with Gasteiger partial charge < -0.3 is 19.9 Å². The van der Waals surface area contributed by atoms with Crippen LogP contribution in [0.5, 0.6) is 5.75 Å². The molecule has 0 aliphatic carbocycles. The molecule has 0 bridgehead atoms. The number of hydrogen-bond acceptors (Lipinski definition) is 5. The van der Waals surface area contributed by atoms with Crippen molar-refractivity contribution in [2.45, 2.75) is 33.9 Å². The molecule has 0 aliphatic rings. The summed E-state index contributed by atoms with van der Waals surface area (Å²) < 4.78 is 6.73. The molecule has 0 aliphatic heterocycles. The maximum atomic E-state index is 12.6. The van der Waals surface area contributed by atoms with E-state index in [1.165, 1.54) is 4.57 Å². The Labute approximate surface area is 197 Å². The molecule has 2 amide bonds. The number of amides is 2. The van der Waals surface area contributed by atoms with Crippen molar-refractivity contribution in [3.05, 3.63) is 92.9 Å². The predicted octanol–water partition coefficient (Wildman–Crippen LogP) is 3.30. The van der Waals surface area contributed by atoms with E-state index in [9.17, 15) is 19.6 Å². The zero-order chi connectivity index (χ0) is 24.7. The van der Waals surface area contributed by atoms with E-state index in [2.05, 4.69) is 10.6 Å². The van der Waals surface area contributed by atoms with Crippen LogP contribution in [-0.4, -0.2) is 23.0 Å². The van der Waals surface area contributed by atoms with Crippen molar-refractivity contribution in [3.63, 3.8) is 0 Å². The SMILES string of the molecule is CCOc1cccc(CNC(=O)c2cccc(NC(=O)Cn3c(C)cc(C)c(C#N)c3=O)c2)c1. The van der Waals surface area contributed by atoms with E-state index in [-0.39, 0.29) is 18.0 Å². The number of aromatic nitrogens is 1. The van der Waals surface area contributed by atoms with Gasteiger partial charge in [0.05, 0.1) is 6.61 Å². The Balaban J connectivity index is 1.66. The van der Waals surface area contributed by atoms with Crippen molar-refractivity contribution in [1.29, 1.82) is 5.26 Å². The number of hydrogen-bond donors (Lipinski definition) is 2. The Morgan fingerprint density at radius 2 is 1.85 bits per heavy atom. The van der Waals surface area contributed by atoms with Crippen LogP contribution in [0, 0.1) is 25.2 Å². The highest BCUT2D eigenvalue weighted by atomic mass is 16.5. The summed E-state index contributed by atoms with van der Waals surface area (Å²) in [5.74, 6) is 0.00850. The maximum absolute atomic E-state index is 12.6. The first kappa shape index (κ1) is 24.3. The van der Waals surface area contributed by atoms with Crippen LogP contribution in [0.3, 0.4) is 0 Å². The van der Waals surface area contributed by atoms with Crippen molar-refractivity contribution < 1.29 is 14.3 Å². The predicted molar refractivity (Wildman–Crippen MR) is 129 cm³/mol. The van der Waals surface area contributed by atoms with Crippen LogP contribution in [0.2, 0.25) is 0 Å². The molecule has 3 aromatic rings. The lowest BCUT2D eigenvalue weighted by molar-refractivity contribution is -0.116. The molecule has 0 radical (unpaired) electrons. The zero-order valence-corrected chi connectivity index (χ0v) is 19.3. The number of carbonyl (C=O) groups excluding carboxylic acids is 2. The van der Waals surface area contributed by atoms with Gasteiger partial charge in [-0.1, -0.05) is 18.2 Å². The standard InChI is InChI=1S/C26H26N4O4/c1-4-34-22-10-5-7-19(12-22)15-28-25(32)20-8-6-9-21(13-20)29-24(31)16-30-18(3)11-17(2)23(14-27)26(30)33/h5-13H,4,15-16H2,1-3H3,(H,28,32)(H,29,31). The first-order valence-corrected chi connectivity index (χ1v) is 10.8. The number of nitrogens with one attached hydrogen (secondary N) is 2. The van der Waals surface area contributed by atoms with Crippen LogP contribution in [-0.2, 0) is 17.9 Å². The fourth-order valence-electron chi connectivity index (χ4n) is 3.54. The Morgan fingerprint density at radius 1 is 1.09 bits per heavy atom. The van der Waals surface area contributed by atoms with Gasteiger partial charge in [-0.25, -0.2) is 0 Å². The lowest BCUT2D eigenvalue weighted by atomic mass is 10.1. The summed E-state index contributed by atoms with van der Waals surface area (Å²) in [6.07, 6.45) is 0. The first-order chi connectivity index (χ1) is 16.3. The topological polar surface area (TPSA) is 113 Å². The van der Waals surface area contributed by atoms with Crippen molar-refractivity contribution in [3.8, 4) is 11.8 Å². The number of ether oxygens (including phenoxy) is 1. The summed E-state index contributed by atoms with van der Waals surface area (Å²) in [4.78, 5) is 37.7. The second-order valence-electron chi connectivity index (χ2n) is 7.74. The smallest absolute Gasteiger partial charge is 0.269 e. The maximum Gasteiger partial charge on any atom is 0.269 e. The molecule has 0 fully saturated rings. The van der Waals surface area contributed by atoms with Gasteiger partial charge in [-0.05, 0) is 68.3 Å². The highest BCUT2D eigenvalue weighted by Crippen LogP contribution is 2.14. The Hall–Kier alpha value is -4.38. The molecular formula is C26H26N4O4. The number of aryl methyl sites for hydroxylation is 2. The lowest BCUT2D eigenvalue weighted by Crippen LogP contribution is -2.31. The summed E-state index contributed by atoms with van der Waals surface area (Å²) in [5, 5.41) is 14.8. The van der Waals surface area contributed by atoms with Gasteiger partial charge in [0.15, 0.2) is 0 Å². The van der Waals surface area contributed by atoms with Gasteiger partial charge in [0, 0.05) is 23.5 Å². The summed E-state index contributed by atoms with van der Waals surface area (Å²) in [5.41, 5.74) is 2.38. The van der Waals surface area contributed by atoms with E-state index in [0.29, 0.717) is 35.7 Å². The summed E-state index contributed by atoms with van der Waals surface area (Å²) in [7, 11) is 0. The van der Waals surface area contributed by atoms with E-state index >= 15 is 0 Å². The van der Waals surface area contributed by atoms with Crippen LogP contribution < -0.4 is 20.9 Å². The number of rotatable bonds is 8. The molecular weight excluding hydrogens is 432 g/mol. The van der Waals surface area contributed by atoms with Crippen LogP contribution in [0.15, 0.2) is 59.4 Å². The largest absolute Gasteiger partial charge is 0.494 e. The quantitative estimate of drug-likeness (QED) is 0.538. The molecule has 1 aromatic heterocycles. The second kappa shape index (κ2) is 11.0. The zero-order valence-electron chi connectivity index (χ0n) is 19.3. The fraction of sp³-hybridized carbons (Fsp3) is 0.231. The van der Waals surface area contributed by atoms with E-state index in [1.807, 2.05) is 37.3 Å². The number of nitriles is 1. The van der Waals surface area contributed by atoms with E-state index < -0.39 is 11.5 Å². The number of anilines is 1. The Kier molecular flexibility index (Phi) is 7.83. The minimum atomic E-state index is -0.503. The molecule has 174 valence electrons. The summed E-state index contributed by atoms with van der Waals surface area (Å²) in [6.45, 7) is 5.94. The van der Waals surface area contributed by atoms with Crippen LogP contribution in [0.25, 0.3) is 0 Å². The van der Waals surface area contributed by atoms with Crippen molar-refractivity contribution in [2.24, 2.45) is 0 Å². The molecule has 0 atom stereocenters. The molecule has 8 heteroatoms. The van der Waals surface area contributed by atoms with Gasteiger partial charge in [-0.15, -0.1) is 0 Å². The summed E-state index contributed by atoms with van der Waals surface area (Å²) in [6, 6.07) is 17.6. The highest BCUT2D eigenvalue weighted by Gasteiger charge is 2.14. The third-order valence-electron chi connectivity index (χ3n) is 5.19. The van der Waals surface area contributed by atoms with Gasteiger partial charge in [0.25, 0.3) is 11.5 Å². The fourth-order valence-corrected chi connectivity index (χ4v) is 3.54. The van der Waals surface area contributed by atoms with Gasteiger partial charge in [-0.2, -0.15) is 5.26 Å². The van der Waals surface area contributed by atoms with Crippen molar-refractivity contribution in [1.82, 2.24) is 9.88 Å². The molecule has 8 nitrogen and oxygen atoms in total. The van der Waals surface area contributed by atoms with E-state index in [4.69, 9.17) is 4.74 Å². The van der Waals surface area contributed by atoms with E-state index in [1.54, 1.807) is 44.2 Å². The van der Waals surface area contributed by atoms with E-state index in [0.717, 1.165) is 11.3 Å². The number of pyridine rings is 1. The highest BCUT2D eigenvalue weighted by molar-refractivity contribution is 5.97. The van der Waals surface area contributed by atoms with Gasteiger partial charge in [-0.3, -0.25) is 14.4 Å². The van der Waals surface area contributed by atoms with Crippen LogP contribution in [0.4, 0.5) is 5.69 Å². The molecule has 34 heavy (non-hydrogen) atoms. The molecule has 2 N–H and O–H groups in total. The molecule has 1 heterocycles. The minimum Gasteiger partial charge on any atom is -0.494 e. The average Bonchev–Trinajstić information content (AvgIpc) is 2.81. The summed E-state index contributed by atoms with van der Waals surface area (Å²) >= 11 is 0. The Morgan fingerprint density at radius 3 is 2.59 bits per heavy atom. The number of carbonyl (C=O) groups is 2. The Bertz CT molecular complexity index is 1320. The third-order valence-corrected chi connectivity index (χ3v) is 5.19. The molecule has 0 spiro atoms. The molecule has 2 aromatic carbocycles. The average molecular weight is 459 g/mol. The molecule has 3 rings (SSSR count). The van der Waals surface area contributed by atoms with Crippen molar-refractivity contribution >= 4 is 17.5 Å². The molecule has 0 saturated heterocycles. The monoisotopic (exact) mass is 458 g/mol. The number of nitrogens with zero attached hydrogens (tertiary/aromatic N) is 2. The molecule has 0 unspecified atom stereocenters. The first-order valence-electron chi connectivity index (χ1n) is 10.8. The van der Waals surface area contributed by atoms with Gasteiger partial charge in [0.1, 0.15) is 23.9 Å². The van der Waals surface area contributed by atoms with Gasteiger partial charge >= 0.3 is 0 Å².